The lowest BCUT2D eigenvalue weighted by Crippen LogP contribution is -2.19. The van der Waals surface area contributed by atoms with Gasteiger partial charge in [0, 0.05) is 18.7 Å². The molecule has 1 amide bonds. The Morgan fingerprint density at radius 1 is 1.29 bits per heavy atom. The molecule has 3 N–H and O–H groups in total. The van der Waals surface area contributed by atoms with Crippen molar-refractivity contribution in [1.29, 1.82) is 0 Å². The van der Waals surface area contributed by atoms with E-state index in [9.17, 15) is 4.79 Å². The summed E-state index contributed by atoms with van der Waals surface area (Å²) >= 11 is 0. The van der Waals surface area contributed by atoms with E-state index in [1.165, 1.54) is 0 Å². The normalized spacial score (nSPS) is 9.50. The molecule has 0 aliphatic carbocycles. The van der Waals surface area contributed by atoms with Gasteiger partial charge in [-0.05, 0) is 18.6 Å². The highest BCUT2D eigenvalue weighted by atomic mass is 16.5. The Balaban J connectivity index is 2.13. The highest BCUT2D eigenvalue weighted by Gasteiger charge is 1.97. The van der Waals surface area contributed by atoms with Crippen LogP contribution in [-0.4, -0.2) is 17.7 Å². The van der Waals surface area contributed by atoms with Crippen molar-refractivity contribution in [3.8, 4) is 0 Å². The molecular formula is C10H14N2O2. The second-order valence-corrected chi connectivity index (χ2v) is 2.93. The van der Waals surface area contributed by atoms with E-state index in [4.69, 9.17) is 5.21 Å². The molecule has 0 fully saturated rings. The van der Waals surface area contributed by atoms with Gasteiger partial charge in [0.2, 0.25) is 5.91 Å². The van der Waals surface area contributed by atoms with Gasteiger partial charge in [-0.1, -0.05) is 18.2 Å². The van der Waals surface area contributed by atoms with Crippen LogP contribution in [0.1, 0.15) is 12.8 Å². The van der Waals surface area contributed by atoms with Crippen LogP contribution < -0.4 is 10.8 Å². The van der Waals surface area contributed by atoms with E-state index in [1.807, 2.05) is 30.3 Å². The fraction of sp³-hybridized carbons (Fsp3) is 0.300. The van der Waals surface area contributed by atoms with E-state index in [0.29, 0.717) is 12.8 Å². The molecule has 0 bridgehead atoms. The summed E-state index contributed by atoms with van der Waals surface area (Å²) in [5.74, 6) is -0.347. The van der Waals surface area contributed by atoms with Gasteiger partial charge >= 0.3 is 0 Å². The summed E-state index contributed by atoms with van der Waals surface area (Å²) in [6, 6.07) is 9.77. The van der Waals surface area contributed by atoms with Crippen molar-refractivity contribution in [1.82, 2.24) is 5.48 Å². The topological polar surface area (TPSA) is 61.4 Å². The third kappa shape index (κ3) is 3.91. The number of hydrogen-bond acceptors (Lipinski definition) is 3. The smallest absolute Gasteiger partial charge is 0.243 e. The van der Waals surface area contributed by atoms with Crippen LogP contribution in [0.4, 0.5) is 5.69 Å². The molecule has 14 heavy (non-hydrogen) atoms. The van der Waals surface area contributed by atoms with Crippen molar-refractivity contribution in [2.75, 3.05) is 11.9 Å². The maximum absolute atomic E-state index is 10.6. The number of rotatable bonds is 5. The van der Waals surface area contributed by atoms with Crippen LogP contribution in [0.25, 0.3) is 0 Å². The predicted octanol–water partition coefficient (Wildman–Crippen LogP) is 1.38. The maximum atomic E-state index is 10.6. The van der Waals surface area contributed by atoms with Crippen LogP contribution in [0.15, 0.2) is 30.3 Å². The first kappa shape index (κ1) is 10.5. The minimum Gasteiger partial charge on any atom is -0.385 e. The lowest BCUT2D eigenvalue weighted by atomic mass is 10.3. The molecule has 0 saturated carbocycles. The number of carbonyl (C=O) groups is 1. The molecule has 0 unspecified atom stereocenters. The highest BCUT2D eigenvalue weighted by Crippen LogP contribution is 2.04. The summed E-state index contributed by atoms with van der Waals surface area (Å²) in [4.78, 5) is 10.6. The Morgan fingerprint density at radius 2 is 2.00 bits per heavy atom. The van der Waals surface area contributed by atoms with Gasteiger partial charge in [-0.2, -0.15) is 0 Å². The van der Waals surface area contributed by atoms with Gasteiger partial charge in [0.25, 0.3) is 0 Å². The molecule has 0 aliphatic heterocycles. The fourth-order valence-corrected chi connectivity index (χ4v) is 1.09. The van der Waals surface area contributed by atoms with Gasteiger partial charge in [-0.25, -0.2) is 5.48 Å². The minimum atomic E-state index is -0.347. The standard InChI is InChI=1S/C10H14N2O2/c13-10(12-14)7-4-8-11-9-5-2-1-3-6-9/h1-3,5-6,11,14H,4,7-8H2,(H,12,13). The third-order valence-electron chi connectivity index (χ3n) is 1.81. The average molecular weight is 194 g/mol. The largest absolute Gasteiger partial charge is 0.385 e. The molecular weight excluding hydrogens is 180 g/mol. The Bertz CT molecular complexity index is 275. The monoisotopic (exact) mass is 194 g/mol. The minimum absolute atomic E-state index is 0.330. The number of anilines is 1. The number of carbonyl (C=O) groups excluding carboxylic acids is 1. The van der Waals surface area contributed by atoms with Crippen molar-refractivity contribution < 1.29 is 10.0 Å². The fourth-order valence-electron chi connectivity index (χ4n) is 1.09. The molecule has 0 heterocycles. The second-order valence-electron chi connectivity index (χ2n) is 2.93. The number of para-hydroxylation sites is 1. The van der Waals surface area contributed by atoms with Crippen LogP contribution in [0, 0.1) is 0 Å². The van der Waals surface area contributed by atoms with E-state index in [0.717, 1.165) is 12.2 Å². The summed E-state index contributed by atoms with van der Waals surface area (Å²) in [6.45, 7) is 0.720. The molecule has 0 radical (unpaired) electrons. The molecule has 0 aromatic heterocycles. The van der Waals surface area contributed by atoms with E-state index < -0.39 is 0 Å². The number of benzene rings is 1. The molecule has 1 rings (SSSR count). The number of hydrogen-bond donors (Lipinski definition) is 3. The molecule has 1 aromatic carbocycles. The SMILES string of the molecule is O=C(CCCNc1ccccc1)NO. The first-order valence-electron chi connectivity index (χ1n) is 4.55. The van der Waals surface area contributed by atoms with Crippen LogP contribution in [0.5, 0.6) is 0 Å². The lowest BCUT2D eigenvalue weighted by Gasteiger charge is -2.04. The molecule has 76 valence electrons. The molecule has 4 heteroatoms. The highest BCUT2D eigenvalue weighted by molar-refractivity contribution is 5.74. The van der Waals surface area contributed by atoms with Gasteiger partial charge in [0.05, 0.1) is 0 Å². The summed E-state index contributed by atoms with van der Waals surface area (Å²) in [5, 5.41) is 11.4. The zero-order valence-corrected chi connectivity index (χ0v) is 7.86. The van der Waals surface area contributed by atoms with Crippen molar-refractivity contribution in [3.05, 3.63) is 30.3 Å². The van der Waals surface area contributed by atoms with E-state index >= 15 is 0 Å². The first-order chi connectivity index (χ1) is 6.83. The average Bonchev–Trinajstić information content (AvgIpc) is 2.25. The summed E-state index contributed by atoms with van der Waals surface area (Å²) < 4.78 is 0. The van der Waals surface area contributed by atoms with Gasteiger partial charge < -0.3 is 5.32 Å². The lowest BCUT2D eigenvalue weighted by molar-refractivity contribution is -0.129. The third-order valence-corrected chi connectivity index (χ3v) is 1.81. The molecule has 0 aliphatic rings. The van der Waals surface area contributed by atoms with Gasteiger partial charge in [-0.3, -0.25) is 10.0 Å². The number of hydroxylamine groups is 1. The van der Waals surface area contributed by atoms with Gasteiger partial charge in [0.1, 0.15) is 0 Å². The van der Waals surface area contributed by atoms with Crippen molar-refractivity contribution >= 4 is 11.6 Å². The van der Waals surface area contributed by atoms with Crippen LogP contribution in [0.2, 0.25) is 0 Å². The molecule has 0 saturated heterocycles. The Hall–Kier alpha value is -1.55. The quantitative estimate of drug-likeness (QED) is 0.377. The zero-order valence-electron chi connectivity index (χ0n) is 7.86. The summed E-state index contributed by atoms with van der Waals surface area (Å²) in [6.07, 6.45) is 1.03. The van der Waals surface area contributed by atoms with Gasteiger partial charge in [-0.15, -0.1) is 0 Å². The van der Waals surface area contributed by atoms with E-state index in [-0.39, 0.29) is 5.91 Å². The molecule has 0 atom stereocenters. The molecule has 1 aromatic rings. The van der Waals surface area contributed by atoms with Gasteiger partial charge in [0.15, 0.2) is 0 Å². The Labute approximate surface area is 82.9 Å². The van der Waals surface area contributed by atoms with Crippen molar-refractivity contribution in [2.45, 2.75) is 12.8 Å². The van der Waals surface area contributed by atoms with E-state index in [1.54, 1.807) is 5.48 Å². The zero-order chi connectivity index (χ0) is 10.2. The van der Waals surface area contributed by atoms with Crippen LogP contribution >= 0.6 is 0 Å². The second kappa shape index (κ2) is 5.99. The summed E-state index contributed by atoms with van der Waals surface area (Å²) in [5.41, 5.74) is 2.64. The number of nitrogens with one attached hydrogen (secondary N) is 2. The number of amides is 1. The molecule has 4 nitrogen and oxygen atoms in total. The van der Waals surface area contributed by atoms with Crippen molar-refractivity contribution in [3.63, 3.8) is 0 Å². The van der Waals surface area contributed by atoms with E-state index in [2.05, 4.69) is 5.32 Å². The first-order valence-corrected chi connectivity index (χ1v) is 4.55. The maximum Gasteiger partial charge on any atom is 0.243 e. The van der Waals surface area contributed by atoms with Crippen molar-refractivity contribution in [2.24, 2.45) is 0 Å². The predicted molar refractivity (Wildman–Crippen MR) is 54.1 cm³/mol. The molecule has 0 spiro atoms. The Kier molecular flexibility index (Phi) is 4.50. The summed E-state index contributed by atoms with van der Waals surface area (Å²) in [7, 11) is 0. The Morgan fingerprint density at radius 3 is 2.64 bits per heavy atom. The van der Waals surface area contributed by atoms with Crippen LogP contribution in [0.3, 0.4) is 0 Å². The van der Waals surface area contributed by atoms with Crippen LogP contribution in [-0.2, 0) is 4.79 Å².